The number of oxime groups is 1. The molecule has 0 aromatic rings. The van der Waals surface area contributed by atoms with Gasteiger partial charge in [0, 0.05) is 19.5 Å². The molecule has 1 atom stereocenters. The number of carbonyl (C=O) groups is 2. The number of rotatable bonds is 2. The van der Waals surface area contributed by atoms with Gasteiger partial charge in [0.2, 0.25) is 6.10 Å². The van der Waals surface area contributed by atoms with Crippen molar-refractivity contribution in [1.29, 1.82) is 0 Å². The lowest BCUT2D eigenvalue weighted by Crippen LogP contribution is -2.56. The van der Waals surface area contributed by atoms with Gasteiger partial charge in [-0.25, -0.2) is 4.79 Å². The predicted octanol–water partition coefficient (Wildman–Crippen LogP) is -1.58. The Labute approximate surface area is 84.9 Å². The molecule has 82 valence electrons. The van der Waals surface area contributed by atoms with Gasteiger partial charge in [-0.05, 0) is 0 Å². The highest BCUT2D eigenvalue weighted by Crippen LogP contribution is 2.17. The van der Waals surface area contributed by atoms with Crippen molar-refractivity contribution in [3.63, 3.8) is 0 Å². The minimum absolute atomic E-state index is 0.0131. The van der Waals surface area contributed by atoms with Crippen LogP contribution in [-0.4, -0.2) is 58.0 Å². The van der Waals surface area contributed by atoms with Crippen molar-refractivity contribution >= 4 is 17.6 Å². The predicted molar refractivity (Wildman–Crippen MR) is 47.1 cm³/mol. The molecule has 0 spiro atoms. The highest BCUT2D eigenvalue weighted by molar-refractivity contribution is 6.36. The van der Waals surface area contributed by atoms with Crippen LogP contribution in [-0.2, 0) is 14.4 Å². The summed E-state index contributed by atoms with van der Waals surface area (Å²) in [7, 11) is 0. The van der Waals surface area contributed by atoms with Crippen LogP contribution in [0.2, 0.25) is 0 Å². The molecule has 15 heavy (non-hydrogen) atoms. The van der Waals surface area contributed by atoms with Crippen LogP contribution in [0.1, 0.15) is 6.42 Å². The van der Waals surface area contributed by atoms with Gasteiger partial charge < -0.3 is 20.0 Å². The first-order chi connectivity index (χ1) is 7.08. The molecule has 0 bridgehead atoms. The van der Waals surface area contributed by atoms with Gasteiger partial charge in [0.05, 0.1) is 6.10 Å². The summed E-state index contributed by atoms with van der Waals surface area (Å²) in [6.07, 6.45) is -1.33. The maximum atomic E-state index is 11.6. The van der Waals surface area contributed by atoms with Crippen molar-refractivity contribution in [2.75, 3.05) is 13.1 Å². The summed E-state index contributed by atoms with van der Waals surface area (Å²) in [6.45, 7) is 0.558. The second-order valence-corrected chi connectivity index (χ2v) is 3.54. The Morgan fingerprint density at radius 3 is 2.60 bits per heavy atom. The third-order valence-electron chi connectivity index (χ3n) is 2.37. The van der Waals surface area contributed by atoms with E-state index in [2.05, 4.69) is 5.16 Å². The van der Waals surface area contributed by atoms with Gasteiger partial charge in [0.15, 0.2) is 5.71 Å². The van der Waals surface area contributed by atoms with E-state index in [-0.39, 0.29) is 31.1 Å². The molecule has 0 aliphatic carbocycles. The number of aliphatic hydroxyl groups excluding tert-OH is 1. The summed E-state index contributed by atoms with van der Waals surface area (Å²) >= 11 is 0. The summed E-state index contributed by atoms with van der Waals surface area (Å²) in [5.74, 6) is -1.49. The molecular weight excluding hydrogens is 204 g/mol. The molecule has 7 nitrogen and oxygen atoms in total. The monoisotopic (exact) mass is 214 g/mol. The van der Waals surface area contributed by atoms with E-state index in [0.29, 0.717) is 0 Å². The molecule has 7 heteroatoms. The summed E-state index contributed by atoms with van der Waals surface area (Å²) in [4.78, 5) is 28.2. The van der Waals surface area contributed by atoms with Gasteiger partial charge in [-0.2, -0.15) is 0 Å². The molecule has 2 rings (SSSR count). The fourth-order valence-corrected chi connectivity index (χ4v) is 1.48. The minimum atomic E-state index is -1.17. The van der Waals surface area contributed by atoms with E-state index < -0.39 is 18.2 Å². The highest BCUT2D eigenvalue weighted by atomic mass is 16.6. The van der Waals surface area contributed by atoms with E-state index in [1.165, 1.54) is 4.90 Å². The van der Waals surface area contributed by atoms with Crippen molar-refractivity contribution in [3.8, 4) is 0 Å². The van der Waals surface area contributed by atoms with Crippen molar-refractivity contribution in [1.82, 2.24) is 4.90 Å². The first-order valence-electron chi connectivity index (χ1n) is 4.50. The lowest BCUT2D eigenvalue weighted by Gasteiger charge is -2.36. The van der Waals surface area contributed by atoms with E-state index in [4.69, 9.17) is 15.1 Å². The number of nitrogens with zero attached hydrogens (tertiary/aromatic N) is 2. The standard InChI is InChI=1S/C8H10N2O5/c11-4-2-10(3-4)7(12)6-1-5(8(13)14)9-15-6/h4,6,11H,1-3H2,(H,13,14). The lowest BCUT2D eigenvalue weighted by molar-refractivity contribution is -0.152. The number of likely N-dealkylation sites (tertiary alicyclic amines) is 1. The normalized spacial score (nSPS) is 25.5. The SMILES string of the molecule is O=C(O)C1=NOC(C(=O)N2CC(O)C2)C1. The Bertz CT molecular complexity index is 334. The number of carbonyl (C=O) groups excluding carboxylic acids is 1. The van der Waals surface area contributed by atoms with E-state index in [0.717, 1.165) is 0 Å². The molecule has 1 unspecified atom stereocenters. The first-order valence-corrected chi connectivity index (χ1v) is 4.50. The maximum Gasteiger partial charge on any atom is 0.353 e. The van der Waals surface area contributed by atoms with Gasteiger partial charge in [-0.3, -0.25) is 4.79 Å². The minimum Gasteiger partial charge on any atom is -0.477 e. The highest BCUT2D eigenvalue weighted by Gasteiger charge is 2.38. The van der Waals surface area contributed by atoms with Crippen LogP contribution in [0.5, 0.6) is 0 Å². The van der Waals surface area contributed by atoms with Crippen LogP contribution in [0.3, 0.4) is 0 Å². The van der Waals surface area contributed by atoms with E-state index >= 15 is 0 Å². The van der Waals surface area contributed by atoms with Gasteiger partial charge >= 0.3 is 5.97 Å². The largest absolute Gasteiger partial charge is 0.477 e. The van der Waals surface area contributed by atoms with Crippen molar-refractivity contribution in [2.24, 2.45) is 5.16 Å². The Hall–Kier alpha value is -1.63. The number of hydrogen-bond donors (Lipinski definition) is 2. The zero-order chi connectivity index (χ0) is 11.0. The lowest BCUT2D eigenvalue weighted by atomic mass is 10.1. The topological polar surface area (TPSA) is 99.4 Å². The quantitative estimate of drug-likeness (QED) is 0.577. The molecule has 2 aliphatic heterocycles. The van der Waals surface area contributed by atoms with E-state index in [9.17, 15) is 9.59 Å². The van der Waals surface area contributed by atoms with Crippen LogP contribution in [0.4, 0.5) is 0 Å². The molecule has 0 radical (unpaired) electrons. The Morgan fingerprint density at radius 1 is 1.47 bits per heavy atom. The average Bonchev–Trinajstić information content (AvgIpc) is 2.60. The number of amides is 1. The number of carboxylic acid groups (broad SMARTS) is 1. The Kier molecular flexibility index (Phi) is 2.31. The van der Waals surface area contributed by atoms with Crippen molar-refractivity contribution in [2.45, 2.75) is 18.6 Å². The molecule has 1 saturated heterocycles. The van der Waals surface area contributed by atoms with Crippen LogP contribution >= 0.6 is 0 Å². The van der Waals surface area contributed by atoms with Crippen LogP contribution in [0, 0.1) is 0 Å². The molecule has 0 saturated carbocycles. The smallest absolute Gasteiger partial charge is 0.353 e. The molecule has 1 fully saturated rings. The van der Waals surface area contributed by atoms with E-state index in [1.807, 2.05) is 0 Å². The molecule has 1 amide bonds. The van der Waals surface area contributed by atoms with Crippen molar-refractivity contribution < 1.29 is 24.6 Å². The van der Waals surface area contributed by atoms with Gasteiger partial charge in [0.25, 0.3) is 5.91 Å². The number of carboxylic acids is 1. The second kappa shape index (κ2) is 3.50. The zero-order valence-electron chi connectivity index (χ0n) is 7.79. The summed E-state index contributed by atoms with van der Waals surface area (Å²) in [5, 5.41) is 20.9. The third-order valence-corrected chi connectivity index (χ3v) is 2.37. The first kappa shape index (κ1) is 9.91. The molecule has 0 aromatic heterocycles. The maximum absolute atomic E-state index is 11.6. The average molecular weight is 214 g/mol. The van der Waals surface area contributed by atoms with Crippen LogP contribution < -0.4 is 0 Å². The zero-order valence-corrected chi connectivity index (χ0v) is 7.79. The number of aliphatic carboxylic acids is 1. The summed E-state index contributed by atoms with van der Waals surface area (Å²) in [6, 6.07) is 0. The number of hydrogen-bond acceptors (Lipinski definition) is 5. The molecule has 2 heterocycles. The fraction of sp³-hybridized carbons (Fsp3) is 0.625. The third kappa shape index (κ3) is 1.78. The second-order valence-electron chi connectivity index (χ2n) is 3.54. The molecular formula is C8H10N2O5. The van der Waals surface area contributed by atoms with Crippen molar-refractivity contribution in [3.05, 3.63) is 0 Å². The number of aliphatic hydroxyl groups is 1. The van der Waals surface area contributed by atoms with Gasteiger partial charge in [-0.1, -0.05) is 5.16 Å². The Balaban J connectivity index is 1.88. The van der Waals surface area contributed by atoms with Crippen LogP contribution in [0.25, 0.3) is 0 Å². The molecule has 2 aliphatic rings. The molecule has 0 aromatic carbocycles. The Morgan fingerprint density at radius 2 is 2.13 bits per heavy atom. The van der Waals surface area contributed by atoms with Gasteiger partial charge in [-0.15, -0.1) is 0 Å². The van der Waals surface area contributed by atoms with Gasteiger partial charge in [0.1, 0.15) is 0 Å². The van der Waals surface area contributed by atoms with E-state index in [1.54, 1.807) is 0 Å². The summed E-state index contributed by atoms with van der Waals surface area (Å²) < 4.78 is 0. The molecule has 2 N–H and O–H groups in total. The van der Waals surface area contributed by atoms with Crippen LogP contribution in [0.15, 0.2) is 5.16 Å². The fourth-order valence-electron chi connectivity index (χ4n) is 1.48. The number of β-amino-alcohol motifs (C(OH)–C–C–N with tert-alkyl or cyclic N) is 1. The summed E-state index contributed by atoms with van der Waals surface area (Å²) in [5.41, 5.74) is -0.144.